The van der Waals surface area contributed by atoms with E-state index < -0.39 is 6.61 Å². The van der Waals surface area contributed by atoms with E-state index in [9.17, 15) is 4.79 Å². The number of piperazine rings is 1. The zero-order valence-corrected chi connectivity index (χ0v) is 10.9. The van der Waals surface area contributed by atoms with E-state index in [1.54, 1.807) is 11.1 Å². The number of nitrogens with zero attached hydrogens (tertiary/aromatic N) is 3. The number of carbonyl (C=O) groups excluding carboxylic acids is 1. The molecule has 92 valence electrons. The number of aliphatic hydroxyl groups is 1. The summed E-state index contributed by atoms with van der Waals surface area (Å²) in [5, 5.41) is 8.79. The molecular weight excluding hydrogens is 286 g/mol. The van der Waals surface area contributed by atoms with Crippen LogP contribution in [0.25, 0.3) is 0 Å². The number of halogens is 1. The van der Waals surface area contributed by atoms with Crippen molar-refractivity contribution >= 4 is 27.5 Å². The van der Waals surface area contributed by atoms with Crippen molar-refractivity contribution in [2.45, 2.75) is 0 Å². The number of amides is 1. The van der Waals surface area contributed by atoms with Gasteiger partial charge in [-0.15, -0.1) is 0 Å². The second kappa shape index (κ2) is 5.46. The number of anilines is 1. The van der Waals surface area contributed by atoms with Gasteiger partial charge in [0, 0.05) is 36.8 Å². The summed E-state index contributed by atoms with van der Waals surface area (Å²) in [6.45, 7) is 2.42. The highest BCUT2D eigenvalue weighted by molar-refractivity contribution is 9.10. The SMILES string of the molecule is O=C(CO)N1CCN(c2cncc(Br)c2)CC1. The standard InChI is InChI=1S/C11H14BrN3O2/c12-9-5-10(7-13-6-9)14-1-3-15(4-2-14)11(17)8-16/h5-7,16H,1-4,8H2. The second-order valence-corrected chi connectivity index (χ2v) is 4.80. The fourth-order valence-electron chi connectivity index (χ4n) is 1.89. The van der Waals surface area contributed by atoms with Crippen LogP contribution in [0.5, 0.6) is 0 Å². The van der Waals surface area contributed by atoms with E-state index in [2.05, 4.69) is 25.8 Å². The zero-order valence-electron chi connectivity index (χ0n) is 9.34. The lowest BCUT2D eigenvalue weighted by atomic mass is 10.2. The van der Waals surface area contributed by atoms with Crippen LogP contribution < -0.4 is 4.90 Å². The van der Waals surface area contributed by atoms with Gasteiger partial charge in [-0.3, -0.25) is 9.78 Å². The topological polar surface area (TPSA) is 56.7 Å². The average Bonchev–Trinajstić information content (AvgIpc) is 2.38. The van der Waals surface area contributed by atoms with Gasteiger partial charge in [0.05, 0.1) is 11.9 Å². The van der Waals surface area contributed by atoms with Crippen LogP contribution in [0.4, 0.5) is 5.69 Å². The second-order valence-electron chi connectivity index (χ2n) is 3.89. The predicted molar refractivity (Wildman–Crippen MR) is 67.8 cm³/mol. The maximum absolute atomic E-state index is 11.3. The largest absolute Gasteiger partial charge is 0.387 e. The van der Waals surface area contributed by atoms with Gasteiger partial charge in [0.15, 0.2) is 0 Å². The van der Waals surface area contributed by atoms with Crippen molar-refractivity contribution in [2.75, 3.05) is 37.7 Å². The first-order valence-electron chi connectivity index (χ1n) is 5.45. The van der Waals surface area contributed by atoms with E-state index in [4.69, 9.17) is 5.11 Å². The normalized spacial score (nSPS) is 16.1. The Bertz CT molecular complexity index is 405. The van der Waals surface area contributed by atoms with Gasteiger partial charge in [-0.25, -0.2) is 0 Å². The molecule has 0 atom stereocenters. The minimum Gasteiger partial charge on any atom is -0.387 e. The molecule has 1 N–H and O–H groups in total. The molecular formula is C11H14BrN3O2. The molecule has 0 aromatic carbocycles. The van der Waals surface area contributed by atoms with Crippen molar-refractivity contribution in [1.82, 2.24) is 9.88 Å². The lowest BCUT2D eigenvalue weighted by Crippen LogP contribution is -2.49. The van der Waals surface area contributed by atoms with Crippen LogP contribution in [0.2, 0.25) is 0 Å². The van der Waals surface area contributed by atoms with Crippen molar-refractivity contribution in [3.63, 3.8) is 0 Å². The zero-order chi connectivity index (χ0) is 12.3. The molecule has 1 saturated heterocycles. The fourth-order valence-corrected chi connectivity index (χ4v) is 2.24. The Morgan fingerprint density at radius 2 is 2.06 bits per heavy atom. The van der Waals surface area contributed by atoms with Gasteiger partial charge in [0.25, 0.3) is 0 Å². The Morgan fingerprint density at radius 3 is 2.65 bits per heavy atom. The van der Waals surface area contributed by atoms with Gasteiger partial charge in [0.2, 0.25) is 5.91 Å². The van der Waals surface area contributed by atoms with Crippen molar-refractivity contribution in [3.8, 4) is 0 Å². The number of carbonyl (C=O) groups is 1. The minimum absolute atomic E-state index is 0.197. The quantitative estimate of drug-likeness (QED) is 0.863. The molecule has 1 aromatic rings. The molecule has 1 aliphatic heterocycles. The van der Waals surface area contributed by atoms with Crippen LogP contribution in [0.15, 0.2) is 22.9 Å². The Hall–Kier alpha value is -1.14. The minimum atomic E-state index is -0.404. The molecule has 5 nitrogen and oxygen atoms in total. The summed E-state index contributed by atoms with van der Waals surface area (Å²) < 4.78 is 0.948. The molecule has 2 rings (SSSR count). The van der Waals surface area contributed by atoms with E-state index in [0.717, 1.165) is 23.2 Å². The third-order valence-electron chi connectivity index (χ3n) is 2.82. The molecule has 1 fully saturated rings. The Kier molecular flexibility index (Phi) is 3.96. The predicted octanol–water partition coefficient (Wildman–Crippen LogP) is 0.485. The monoisotopic (exact) mass is 299 g/mol. The van der Waals surface area contributed by atoms with Gasteiger partial charge in [-0.05, 0) is 22.0 Å². The number of pyridine rings is 1. The van der Waals surface area contributed by atoms with Gasteiger partial charge >= 0.3 is 0 Å². The van der Waals surface area contributed by atoms with E-state index >= 15 is 0 Å². The van der Waals surface area contributed by atoms with Gasteiger partial charge < -0.3 is 14.9 Å². The molecule has 2 heterocycles. The first-order valence-corrected chi connectivity index (χ1v) is 6.24. The molecule has 17 heavy (non-hydrogen) atoms. The van der Waals surface area contributed by atoms with Crippen LogP contribution in [-0.2, 0) is 4.79 Å². The molecule has 0 saturated carbocycles. The Labute approximate surface area is 108 Å². The summed E-state index contributed by atoms with van der Waals surface area (Å²) in [6.07, 6.45) is 3.56. The van der Waals surface area contributed by atoms with E-state index in [-0.39, 0.29) is 5.91 Å². The Morgan fingerprint density at radius 1 is 1.35 bits per heavy atom. The summed E-state index contributed by atoms with van der Waals surface area (Å²) >= 11 is 3.39. The van der Waals surface area contributed by atoms with Crippen LogP contribution in [-0.4, -0.2) is 53.7 Å². The number of rotatable bonds is 2. The fraction of sp³-hybridized carbons (Fsp3) is 0.455. The molecule has 0 spiro atoms. The van der Waals surface area contributed by atoms with Crippen molar-refractivity contribution in [3.05, 3.63) is 22.9 Å². The lowest BCUT2D eigenvalue weighted by molar-refractivity contribution is -0.134. The average molecular weight is 300 g/mol. The van der Waals surface area contributed by atoms with Gasteiger partial charge in [0.1, 0.15) is 6.61 Å². The van der Waals surface area contributed by atoms with Crippen LogP contribution in [0.1, 0.15) is 0 Å². The molecule has 0 aliphatic carbocycles. The maximum Gasteiger partial charge on any atom is 0.248 e. The van der Waals surface area contributed by atoms with Crippen molar-refractivity contribution < 1.29 is 9.90 Å². The van der Waals surface area contributed by atoms with E-state index in [1.165, 1.54) is 0 Å². The van der Waals surface area contributed by atoms with E-state index in [0.29, 0.717) is 13.1 Å². The number of hydrogen-bond donors (Lipinski definition) is 1. The third kappa shape index (κ3) is 2.95. The van der Waals surface area contributed by atoms with Crippen molar-refractivity contribution in [1.29, 1.82) is 0 Å². The molecule has 1 aromatic heterocycles. The highest BCUT2D eigenvalue weighted by atomic mass is 79.9. The van der Waals surface area contributed by atoms with Gasteiger partial charge in [-0.1, -0.05) is 0 Å². The molecule has 0 radical (unpaired) electrons. The van der Waals surface area contributed by atoms with Crippen LogP contribution in [0, 0.1) is 0 Å². The Balaban J connectivity index is 1.97. The van der Waals surface area contributed by atoms with Gasteiger partial charge in [-0.2, -0.15) is 0 Å². The highest BCUT2D eigenvalue weighted by Crippen LogP contribution is 2.19. The first kappa shape index (κ1) is 12.3. The number of aliphatic hydroxyl groups excluding tert-OH is 1. The summed E-state index contributed by atoms with van der Waals surface area (Å²) in [4.78, 5) is 19.3. The lowest BCUT2D eigenvalue weighted by Gasteiger charge is -2.35. The van der Waals surface area contributed by atoms with Crippen LogP contribution in [0.3, 0.4) is 0 Å². The summed E-state index contributed by atoms with van der Waals surface area (Å²) in [5.74, 6) is -0.197. The number of aromatic nitrogens is 1. The highest BCUT2D eigenvalue weighted by Gasteiger charge is 2.20. The molecule has 0 unspecified atom stereocenters. The third-order valence-corrected chi connectivity index (χ3v) is 3.26. The summed E-state index contributed by atoms with van der Waals surface area (Å²) in [7, 11) is 0. The molecule has 0 bridgehead atoms. The first-order chi connectivity index (χ1) is 8.20. The molecule has 1 aliphatic rings. The molecule has 6 heteroatoms. The van der Waals surface area contributed by atoms with Crippen molar-refractivity contribution in [2.24, 2.45) is 0 Å². The molecule has 1 amide bonds. The smallest absolute Gasteiger partial charge is 0.248 e. The van der Waals surface area contributed by atoms with Crippen LogP contribution >= 0.6 is 15.9 Å². The summed E-state index contributed by atoms with van der Waals surface area (Å²) in [5.41, 5.74) is 1.05. The maximum atomic E-state index is 11.3. The summed E-state index contributed by atoms with van der Waals surface area (Å²) in [6, 6.07) is 2.01. The van der Waals surface area contributed by atoms with E-state index in [1.807, 2.05) is 12.3 Å². The number of hydrogen-bond acceptors (Lipinski definition) is 4.